The largest absolute Gasteiger partial charge is 0.369 e. The predicted octanol–water partition coefficient (Wildman–Crippen LogP) is 2.93. The van der Waals surface area contributed by atoms with Crippen molar-refractivity contribution in [2.24, 2.45) is 0 Å². The van der Waals surface area contributed by atoms with Crippen LogP contribution in [0.25, 0.3) is 0 Å². The lowest BCUT2D eigenvalue weighted by atomic mass is 10.0. The minimum Gasteiger partial charge on any atom is -0.369 e. The van der Waals surface area contributed by atoms with Gasteiger partial charge in [-0.3, -0.25) is 4.79 Å². The third-order valence-corrected chi connectivity index (χ3v) is 4.21. The van der Waals surface area contributed by atoms with Gasteiger partial charge in [0.25, 0.3) is 0 Å². The van der Waals surface area contributed by atoms with Crippen LogP contribution in [0.2, 0.25) is 0 Å². The van der Waals surface area contributed by atoms with Crippen molar-refractivity contribution in [2.45, 2.75) is 45.6 Å². The Hall–Kier alpha value is -0.740. The van der Waals surface area contributed by atoms with E-state index in [0.717, 1.165) is 22.7 Å². The summed E-state index contributed by atoms with van der Waals surface area (Å²) in [5, 5.41) is 0.926. The Morgan fingerprint density at radius 2 is 2.19 bits per heavy atom. The second-order valence-electron chi connectivity index (χ2n) is 4.51. The van der Waals surface area contributed by atoms with Crippen molar-refractivity contribution in [3.63, 3.8) is 0 Å². The van der Waals surface area contributed by atoms with Gasteiger partial charge >= 0.3 is 0 Å². The lowest BCUT2D eigenvalue weighted by molar-refractivity contribution is -0.0142. The summed E-state index contributed by atoms with van der Waals surface area (Å²) in [4.78, 5) is 17.3. The number of hydrogen-bond donors (Lipinski definition) is 0. The molecule has 0 fully saturated rings. The summed E-state index contributed by atoms with van der Waals surface area (Å²) in [6, 6.07) is 0. The van der Waals surface area contributed by atoms with Crippen LogP contribution in [-0.2, 0) is 16.8 Å². The van der Waals surface area contributed by atoms with Crippen LogP contribution in [0.1, 0.15) is 54.0 Å². The summed E-state index contributed by atoms with van der Waals surface area (Å²) in [7, 11) is 0. The summed E-state index contributed by atoms with van der Waals surface area (Å²) >= 11 is 1.63. The van der Waals surface area contributed by atoms with Crippen LogP contribution in [0.5, 0.6) is 0 Å². The highest BCUT2D eigenvalue weighted by atomic mass is 32.1. The lowest BCUT2D eigenvalue weighted by Crippen LogP contribution is -2.21. The zero-order valence-corrected chi connectivity index (χ0v) is 10.8. The highest BCUT2D eigenvalue weighted by molar-refractivity contribution is 7.12. The van der Waals surface area contributed by atoms with Crippen LogP contribution in [-0.4, -0.2) is 17.4 Å². The number of ether oxygens (including phenoxy) is 1. The third kappa shape index (κ3) is 2.04. The molecule has 0 amide bonds. The molecule has 0 unspecified atom stereocenters. The Kier molecular flexibility index (Phi) is 3.13. The van der Waals surface area contributed by atoms with Crippen molar-refractivity contribution in [1.82, 2.24) is 4.98 Å². The van der Waals surface area contributed by atoms with Gasteiger partial charge in [0.15, 0.2) is 5.78 Å². The fraction of sp³-hybridized carbons (Fsp3) is 0.667. The molecule has 1 heterocycles. The van der Waals surface area contributed by atoms with Crippen molar-refractivity contribution < 1.29 is 9.53 Å². The van der Waals surface area contributed by atoms with Crippen LogP contribution in [0, 0.1) is 0 Å². The molecule has 3 nitrogen and oxygen atoms in total. The molecule has 1 aliphatic carbocycles. The lowest BCUT2D eigenvalue weighted by Gasteiger charge is -2.21. The Labute approximate surface area is 99.8 Å². The van der Waals surface area contributed by atoms with Gasteiger partial charge in [-0.15, -0.1) is 11.3 Å². The van der Waals surface area contributed by atoms with Gasteiger partial charge in [0.05, 0.1) is 0 Å². The molecule has 1 aromatic rings. The Morgan fingerprint density at radius 3 is 2.81 bits per heavy atom. The average molecular weight is 239 g/mol. The maximum Gasteiger partial charge on any atom is 0.182 e. The van der Waals surface area contributed by atoms with Gasteiger partial charge in [0.1, 0.15) is 16.3 Å². The number of aromatic nitrogens is 1. The topological polar surface area (TPSA) is 39.2 Å². The standard InChI is InChI=1S/C12H17NO2S/c1-4-15-12(2,3)11-13-10-8(14)6-5-7-9(10)16-11/h4-7H2,1-3H3. The van der Waals surface area contributed by atoms with E-state index in [1.165, 1.54) is 0 Å². The molecule has 0 bridgehead atoms. The molecule has 0 aromatic carbocycles. The SMILES string of the molecule is CCOC(C)(C)c1nc2c(s1)CCCC2=O. The van der Waals surface area contributed by atoms with Gasteiger partial charge in [0, 0.05) is 17.9 Å². The molecule has 0 N–H and O–H groups in total. The molecule has 1 aliphatic rings. The minimum absolute atomic E-state index is 0.191. The van der Waals surface area contributed by atoms with E-state index in [0.29, 0.717) is 18.7 Å². The highest BCUT2D eigenvalue weighted by Crippen LogP contribution is 2.34. The molecular formula is C12H17NO2S. The quantitative estimate of drug-likeness (QED) is 0.814. The first-order valence-corrected chi connectivity index (χ1v) is 6.53. The van der Waals surface area contributed by atoms with E-state index in [1.54, 1.807) is 11.3 Å². The minimum atomic E-state index is -0.378. The van der Waals surface area contributed by atoms with Crippen LogP contribution in [0.4, 0.5) is 0 Å². The number of carbonyl (C=O) groups excluding carboxylic acids is 1. The molecule has 0 aliphatic heterocycles. The van der Waals surface area contributed by atoms with E-state index >= 15 is 0 Å². The number of rotatable bonds is 3. The van der Waals surface area contributed by atoms with Gasteiger partial charge in [0.2, 0.25) is 0 Å². The number of ketones is 1. The third-order valence-electron chi connectivity index (χ3n) is 2.79. The second kappa shape index (κ2) is 4.26. The molecule has 4 heteroatoms. The first kappa shape index (κ1) is 11.7. The second-order valence-corrected chi connectivity index (χ2v) is 5.59. The van der Waals surface area contributed by atoms with Gasteiger partial charge in [-0.2, -0.15) is 0 Å². The molecule has 0 atom stereocenters. The van der Waals surface area contributed by atoms with Crippen LogP contribution in [0.15, 0.2) is 0 Å². The fourth-order valence-electron chi connectivity index (χ4n) is 1.95. The number of carbonyl (C=O) groups is 1. The van der Waals surface area contributed by atoms with Gasteiger partial charge in [-0.1, -0.05) is 0 Å². The van der Waals surface area contributed by atoms with Gasteiger partial charge < -0.3 is 4.74 Å². The zero-order valence-electron chi connectivity index (χ0n) is 10.0. The number of nitrogens with zero attached hydrogens (tertiary/aromatic N) is 1. The predicted molar refractivity (Wildman–Crippen MR) is 64.0 cm³/mol. The van der Waals surface area contributed by atoms with Crippen molar-refractivity contribution >= 4 is 17.1 Å². The Morgan fingerprint density at radius 1 is 1.44 bits per heavy atom. The summed E-state index contributed by atoms with van der Waals surface area (Å²) in [6.45, 7) is 6.64. The molecule has 0 radical (unpaired) electrons. The number of aryl methyl sites for hydroxylation is 1. The zero-order chi connectivity index (χ0) is 11.8. The number of thiazole rings is 1. The molecule has 0 saturated heterocycles. The van der Waals surface area contributed by atoms with E-state index in [1.807, 2.05) is 20.8 Å². The molecule has 88 valence electrons. The number of Topliss-reactive ketones (excluding diaryl/α,β-unsaturated/α-hetero) is 1. The van der Waals surface area contributed by atoms with Gasteiger partial charge in [-0.05, 0) is 33.6 Å². The van der Waals surface area contributed by atoms with E-state index in [4.69, 9.17) is 4.74 Å². The summed E-state index contributed by atoms with van der Waals surface area (Å²) in [6.07, 6.45) is 2.59. The molecule has 0 spiro atoms. The normalized spacial score (nSPS) is 16.3. The first-order chi connectivity index (χ1) is 7.54. The van der Waals surface area contributed by atoms with E-state index in [9.17, 15) is 4.79 Å². The number of hydrogen-bond acceptors (Lipinski definition) is 4. The van der Waals surface area contributed by atoms with Crippen LogP contribution >= 0.6 is 11.3 Å². The maximum absolute atomic E-state index is 11.7. The number of fused-ring (bicyclic) bond motifs is 1. The van der Waals surface area contributed by atoms with Crippen molar-refractivity contribution in [3.8, 4) is 0 Å². The monoisotopic (exact) mass is 239 g/mol. The molecule has 2 rings (SSSR count). The first-order valence-electron chi connectivity index (χ1n) is 5.72. The summed E-state index contributed by atoms with van der Waals surface area (Å²) in [5.74, 6) is 0.191. The fourth-order valence-corrected chi connectivity index (χ4v) is 3.12. The van der Waals surface area contributed by atoms with Crippen LogP contribution < -0.4 is 0 Å². The average Bonchev–Trinajstić information content (AvgIpc) is 2.63. The van der Waals surface area contributed by atoms with Crippen molar-refractivity contribution in [2.75, 3.05) is 6.61 Å². The maximum atomic E-state index is 11.7. The van der Waals surface area contributed by atoms with E-state index in [2.05, 4.69) is 4.98 Å². The van der Waals surface area contributed by atoms with Gasteiger partial charge in [-0.25, -0.2) is 4.98 Å². The van der Waals surface area contributed by atoms with Crippen molar-refractivity contribution in [1.29, 1.82) is 0 Å². The Balaban J connectivity index is 2.34. The summed E-state index contributed by atoms with van der Waals surface area (Å²) in [5.41, 5.74) is 0.316. The van der Waals surface area contributed by atoms with Crippen molar-refractivity contribution in [3.05, 3.63) is 15.6 Å². The smallest absolute Gasteiger partial charge is 0.182 e. The molecule has 0 saturated carbocycles. The van der Waals surface area contributed by atoms with Crippen LogP contribution in [0.3, 0.4) is 0 Å². The summed E-state index contributed by atoms with van der Waals surface area (Å²) < 4.78 is 5.66. The van der Waals surface area contributed by atoms with E-state index < -0.39 is 0 Å². The molecular weight excluding hydrogens is 222 g/mol. The van der Waals surface area contributed by atoms with E-state index in [-0.39, 0.29) is 11.4 Å². The Bertz CT molecular complexity index is 409. The molecule has 16 heavy (non-hydrogen) atoms. The molecule has 1 aromatic heterocycles. The highest BCUT2D eigenvalue weighted by Gasteiger charge is 2.30.